The zero-order valence-corrected chi connectivity index (χ0v) is 6.35. The van der Waals surface area contributed by atoms with Crippen molar-refractivity contribution < 1.29 is 4.52 Å². The summed E-state index contributed by atoms with van der Waals surface area (Å²) in [7, 11) is 0. The van der Waals surface area contributed by atoms with Gasteiger partial charge in [0.05, 0.1) is 17.7 Å². The molecule has 0 saturated heterocycles. The Morgan fingerprint density at radius 1 is 1.60 bits per heavy atom. The minimum Gasteiger partial charge on any atom is -0.361 e. The van der Waals surface area contributed by atoms with E-state index >= 15 is 0 Å². The molecule has 0 radical (unpaired) electrons. The molecule has 0 atom stereocenters. The van der Waals surface area contributed by atoms with Crippen LogP contribution in [0.15, 0.2) is 4.52 Å². The van der Waals surface area contributed by atoms with Crippen LogP contribution < -0.4 is 0 Å². The Labute approximate surface area is 61.2 Å². The molecule has 54 valence electrons. The fourth-order valence-electron chi connectivity index (χ4n) is 0.938. The predicted octanol–water partition coefficient (Wildman–Crippen LogP) is 1.87. The highest BCUT2D eigenvalue weighted by molar-refractivity contribution is 5.22. The maximum atomic E-state index is 4.95. The fraction of sp³-hybridized carbons (Fsp3) is 0.375. The van der Waals surface area contributed by atoms with E-state index in [4.69, 9.17) is 4.52 Å². The molecular weight excluding hydrogens is 126 g/mol. The molecule has 0 aliphatic heterocycles. The highest BCUT2D eigenvalue weighted by Gasteiger charge is 2.08. The topological polar surface area (TPSA) is 26.0 Å². The molecule has 0 bridgehead atoms. The van der Waals surface area contributed by atoms with E-state index < -0.39 is 0 Å². The van der Waals surface area contributed by atoms with Crippen LogP contribution in [0.2, 0.25) is 0 Å². The van der Waals surface area contributed by atoms with Gasteiger partial charge in [-0.05, 0) is 13.8 Å². The number of aryl methyl sites for hydroxylation is 2. The minimum atomic E-state index is 0.848. The summed E-state index contributed by atoms with van der Waals surface area (Å²) in [6.45, 7) is 7.50. The summed E-state index contributed by atoms with van der Waals surface area (Å²) in [5.41, 5.74) is 2.13. The first-order valence-electron chi connectivity index (χ1n) is 3.28. The van der Waals surface area contributed by atoms with Crippen LogP contribution in [0.25, 0.3) is 0 Å². The summed E-state index contributed by atoms with van der Waals surface area (Å²) in [5, 5.41) is 3.81. The number of hydrogen-bond acceptors (Lipinski definition) is 2. The number of hydrogen-bond donors (Lipinski definition) is 0. The summed E-state index contributed by atoms with van der Waals surface area (Å²) in [6, 6.07) is 0. The summed E-state index contributed by atoms with van der Waals surface area (Å²) in [5.74, 6) is 0.900. The Balaban J connectivity index is 2.87. The Morgan fingerprint density at radius 2 is 2.30 bits per heavy atom. The van der Waals surface area contributed by atoms with Crippen LogP contribution in [0, 0.1) is 27.2 Å². The molecular formula is C8H11NO. The zero-order valence-electron chi connectivity index (χ0n) is 6.35. The molecule has 1 rings (SSSR count). The van der Waals surface area contributed by atoms with Gasteiger partial charge < -0.3 is 4.52 Å². The van der Waals surface area contributed by atoms with Gasteiger partial charge in [0.1, 0.15) is 5.76 Å². The van der Waals surface area contributed by atoms with Crippen molar-refractivity contribution in [1.82, 2.24) is 5.16 Å². The SMILES string of the molecule is [CH2-][CH+]Cc1c(C)noc1C. The number of nitrogens with zero attached hydrogens (tertiary/aromatic N) is 1. The van der Waals surface area contributed by atoms with E-state index in [0.29, 0.717) is 0 Å². The summed E-state index contributed by atoms with van der Waals surface area (Å²) < 4.78 is 4.95. The zero-order chi connectivity index (χ0) is 7.56. The third-order valence-corrected chi connectivity index (χ3v) is 1.53. The van der Waals surface area contributed by atoms with E-state index in [0.717, 1.165) is 23.4 Å². The second kappa shape index (κ2) is 2.78. The van der Waals surface area contributed by atoms with Gasteiger partial charge in [-0.15, -0.1) is 6.92 Å². The van der Waals surface area contributed by atoms with Gasteiger partial charge in [0, 0.05) is 0 Å². The molecule has 0 spiro atoms. The van der Waals surface area contributed by atoms with Gasteiger partial charge in [0.2, 0.25) is 0 Å². The van der Waals surface area contributed by atoms with Crippen molar-refractivity contribution in [2.24, 2.45) is 0 Å². The molecule has 1 aromatic rings. The van der Waals surface area contributed by atoms with E-state index in [1.165, 1.54) is 0 Å². The van der Waals surface area contributed by atoms with E-state index in [1.54, 1.807) is 0 Å². The van der Waals surface area contributed by atoms with Gasteiger partial charge >= 0.3 is 0 Å². The van der Waals surface area contributed by atoms with Crippen molar-refractivity contribution in [1.29, 1.82) is 0 Å². The standard InChI is InChI=1S/C8H11NO/c1-4-5-8-6(2)9-10-7(8)3/h4H,1,5H2,2-3H3. The lowest BCUT2D eigenvalue weighted by Gasteiger charge is -1.89. The van der Waals surface area contributed by atoms with Crippen LogP contribution in [0.4, 0.5) is 0 Å². The molecule has 0 saturated carbocycles. The Kier molecular flexibility index (Phi) is 2.00. The third kappa shape index (κ3) is 1.15. The lowest BCUT2D eigenvalue weighted by molar-refractivity contribution is 0.392. The highest BCUT2D eigenvalue weighted by atomic mass is 16.5. The van der Waals surface area contributed by atoms with E-state index in [2.05, 4.69) is 12.1 Å². The first-order valence-corrected chi connectivity index (χ1v) is 3.28. The Bertz CT molecular complexity index is 196. The van der Waals surface area contributed by atoms with Gasteiger partial charge in [-0.3, -0.25) is 0 Å². The quantitative estimate of drug-likeness (QED) is 0.581. The van der Waals surface area contributed by atoms with Crippen molar-refractivity contribution in [2.45, 2.75) is 20.3 Å². The van der Waals surface area contributed by atoms with Crippen LogP contribution in [-0.4, -0.2) is 5.16 Å². The summed E-state index contributed by atoms with van der Waals surface area (Å²) in [4.78, 5) is 0. The average Bonchev–Trinajstić information content (AvgIpc) is 2.20. The van der Waals surface area contributed by atoms with Crippen molar-refractivity contribution in [2.75, 3.05) is 0 Å². The molecule has 0 fully saturated rings. The van der Waals surface area contributed by atoms with E-state index in [1.807, 2.05) is 20.3 Å². The van der Waals surface area contributed by atoms with Gasteiger partial charge in [0.15, 0.2) is 0 Å². The van der Waals surface area contributed by atoms with Crippen molar-refractivity contribution in [3.63, 3.8) is 0 Å². The monoisotopic (exact) mass is 137 g/mol. The van der Waals surface area contributed by atoms with Crippen molar-refractivity contribution in [3.05, 3.63) is 30.4 Å². The molecule has 0 unspecified atom stereocenters. The minimum absolute atomic E-state index is 0.848. The van der Waals surface area contributed by atoms with Crippen LogP contribution in [-0.2, 0) is 6.42 Å². The largest absolute Gasteiger partial charge is 0.361 e. The maximum Gasteiger partial charge on any atom is 0.141 e. The lowest BCUT2D eigenvalue weighted by Crippen LogP contribution is -1.86. The number of rotatable bonds is 2. The Morgan fingerprint density at radius 3 is 2.70 bits per heavy atom. The molecule has 0 N–H and O–H groups in total. The number of aromatic nitrogens is 1. The molecule has 2 heteroatoms. The molecule has 10 heavy (non-hydrogen) atoms. The second-order valence-corrected chi connectivity index (χ2v) is 2.30. The first-order chi connectivity index (χ1) is 4.75. The van der Waals surface area contributed by atoms with Gasteiger partial charge in [0.25, 0.3) is 0 Å². The average molecular weight is 137 g/mol. The molecule has 0 aromatic carbocycles. The van der Waals surface area contributed by atoms with E-state index in [9.17, 15) is 0 Å². The highest BCUT2D eigenvalue weighted by Crippen LogP contribution is 2.12. The summed E-state index contributed by atoms with van der Waals surface area (Å²) >= 11 is 0. The molecule has 1 heterocycles. The van der Waals surface area contributed by atoms with Crippen LogP contribution in [0.3, 0.4) is 0 Å². The fourth-order valence-corrected chi connectivity index (χ4v) is 0.938. The third-order valence-electron chi connectivity index (χ3n) is 1.53. The van der Waals surface area contributed by atoms with E-state index in [-0.39, 0.29) is 0 Å². The molecule has 0 aliphatic carbocycles. The van der Waals surface area contributed by atoms with Gasteiger partial charge in [-0.1, -0.05) is 11.6 Å². The predicted molar refractivity (Wildman–Crippen MR) is 39.3 cm³/mol. The van der Waals surface area contributed by atoms with Gasteiger partial charge in [-0.2, -0.15) is 0 Å². The molecule has 1 aromatic heterocycles. The molecule has 0 aliphatic rings. The van der Waals surface area contributed by atoms with Crippen LogP contribution >= 0.6 is 0 Å². The smallest absolute Gasteiger partial charge is 0.141 e. The van der Waals surface area contributed by atoms with Crippen molar-refractivity contribution in [3.8, 4) is 0 Å². The molecule has 2 nitrogen and oxygen atoms in total. The lowest BCUT2D eigenvalue weighted by atomic mass is 10.1. The second-order valence-electron chi connectivity index (χ2n) is 2.30. The maximum absolute atomic E-state index is 4.95. The first kappa shape index (κ1) is 7.19. The Hall–Kier alpha value is -0.920. The van der Waals surface area contributed by atoms with Crippen LogP contribution in [0.5, 0.6) is 0 Å². The van der Waals surface area contributed by atoms with Gasteiger partial charge in [-0.25, -0.2) is 0 Å². The normalized spacial score (nSPS) is 9.90. The summed E-state index contributed by atoms with van der Waals surface area (Å²) in [6.07, 6.45) is 2.70. The van der Waals surface area contributed by atoms with Crippen LogP contribution in [0.1, 0.15) is 17.0 Å². The molecule has 0 amide bonds. The van der Waals surface area contributed by atoms with Crippen molar-refractivity contribution >= 4 is 0 Å².